The van der Waals surface area contributed by atoms with E-state index in [4.69, 9.17) is 23.2 Å². The molecule has 1 aromatic heterocycles. The summed E-state index contributed by atoms with van der Waals surface area (Å²) in [5.74, 6) is 0.584. The summed E-state index contributed by atoms with van der Waals surface area (Å²) in [5.41, 5.74) is 2.62. The minimum atomic E-state index is -0.0137. The topological polar surface area (TPSA) is 45.8 Å². The van der Waals surface area contributed by atoms with Crippen LogP contribution in [0.5, 0.6) is 0 Å². The van der Waals surface area contributed by atoms with Gasteiger partial charge < -0.3 is 4.98 Å². The zero-order valence-electron chi connectivity index (χ0n) is 10.6. The third-order valence-corrected chi connectivity index (χ3v) is 4.94. The van der Waals surface area contributed by atoms with Gasteiger partial charge in [0.05, 0.1) is 5.69 Å². The summed E-state index contributed by atoms with van der Waals surface area (Å²) in [6.45, 7) is 0. The zero-order valence-corrected chi connectivity index (χ0v) is 12.9. The smallest absolute Gasteiger partial charge is 0.254 e. The molecule has 0 aliphatic heterocycles. The highest BCUT2D eigenvalue weighted by atomic mass is 35.5. The number of fused-ring (bicyclic) bond motifs is 1. The first kappa shape index (κ1) is 14.0. The number of nitrogens with one attached hydrogen (secondary N) is 1. The van der Waals surface area contributed by atoms with Crippen LogP contribution in [-0.2, 0) is 18.6 Å². The van der Waals surface area contributed by atoms with Gasteiger partial charge in [0.2, 0.25) is 0 Å². The van der Waals surface area contributed by atoms with Crippen LogP contribution < -0.4 is 5.56 Å². The maximum absolute atomic E-state index is 11.9. The molecule has 20 heavy (non-hydrogen) atoms. The lowest BCUT2D eigenvalue weighted by Gasteiger charge is -2.07. The number of thioether (sulfide) groups is 1. The largest absolute Gasteiger partial charge is 0.301 e. The monoisotopic (exact) mass is 326 g/mol. The SMILES string of the molecule is O=c1[nH]c(SCc2c(Cl)cccc2Cl)nc2c1CCC2. The Kier molecular flexibility index (Phi) is 4.06. The highest BCUT2D eigenvalue weighted by Gasteiger charge is 2.17. The van der Waals surface area contributed by atoms with E-state index in [1.165, 1.54) is 11.8 Å². The lowest BCUT2D eigenvalue weighted by molar-refractivity contribution is 0.869. The Balaban J connectivity index is 1.83. The predicted molar refractivity (Wildman–Crippen MR) is 82.9 cm³/mol. The molecular formula is C14H12Cl2N2OS. The van der Waals surface area contributed by atoms with Crippen LogP contribution in [0, 0.1) is 0 Å². The van der Waals surface area contributed by atoms with Crippen LogP contribution in [0.25, 0.3) is 0 Å². The number of aromatic amines is 1. The molecule has 2 aromatic rings. The minimum Gasteiger partial charge on any atom is -0.301 e. The second-order valence-electron chi connectivity index (χ2n) is 4.64. The van der Waals surface area contributed by atoms with E-state index in [1.807, 2.05) is 18.2 Å². The Labute approximate surface area is 130 Å². The molecule has 3 rings (SSSR count). The van der Waals surface area contributed by atoms with Gasteiger partial charge in [0, 0.05) is 21.4 Å². The van der Waals surface area contributed by atoms with Gasteiger partial charge in [-0.15, -0.1) is 0 Å². The van der Waals surface area contributed by atoms with Crippen molar-refractivity contribution < 1.29 is 0 Å². The number of rotatable bonds is 3. The first-order valence-electron chi connectivity index (χ1n) is 6.33. The Morgan fingerprint density at radius 1 is 1.25 bits per heavy atom. The Hall–Kier alpha value is -0.970. The van der Waals surface area contributed by atoms with E-state index < -0.39 is 0 Å². The van der Waals surface area contributed by atoms with Crippen molar-refractivity contribution in [3.8, 4) is 0 Å². The van der Waals surface area contributed by atoms with E-state index in [-0.39, 0.29) is 5.56 Å². The summed E-state index contributed by atoms with van der Waals surface area (Å²) in [7, 11) is 0. The van der Waals surface area contributed by atoms with Crippen LogP contribution in [0.15, 0.2) is 28.2 Å². The number of benzene rings is 1. The van der Waals surface area contributed by atoms with Crippen molar-refractivity contribution in [3.05, 3.63) is 55.4 Å². The molecule has 1 aromatic carbocycles. The summed E-state index contributed by atoms with van der Waals surface area (Å²) in [5, 5.41) is 1.90. The molecule has 0 saturated heterocycles. The fourth-order valence-corrected chi connectivity index (χ4v) is 3.92. The maximum Gasteiger partial charge on any atom is 0.254 e. The number of halogens is 2. The first-order chi connectivity index (χ1) is 9.65. The van der Waals surface area contributed by atoms with Gasteiger partial charge in [-0.25, -0.2) is 4.98 Å². The molecule has 0 amide bonds. The second kappa shape index (κ2) is 5.80. The Morgan fingerprint density at radius 2 is 2.00 bits per heavy atom. The van der Waals surface area contributed by atoms with Crippen molar-refractivity contribution in [2.24, 2.45) is 0 Å². The van der Waals surface area contributed by atoms with Gasteiger partial charge in [0.15, 0.2) is 5.16 Å². The molecule has 1 aliphatic rings. The van der Waals surface area contributed by atoms with Crippen LogP contribution in [0.2, 0.25) is 10.0 Å². The van der Waals surface area contributed by atoms with Crippen molar-refractivity contribution in [2.45, 2.75) is 30.2 Å². The van der Waals surface area contributed by atoms with Gasteiger partial charge in [-0.2, -0.15) is 0 Å². The van der Waals surface area contributed by atoms with Gasteiger partial charge in [-0.05, 0) is 37.0 Å². The van der Waals surface area contributed by atoms with Crippen molar-refractivity contribution in [1.29, 1.82) is 0 Å². The molecule has 1 aliphatic carbocycles. The number of hydrogen-bond donors (Lipinski definition) is 1. The van der Waals surface area contributed by atoms with Crippen LogP contribution >= 0.6 is 35.0 Å². The minimum absolute atomic E-state index is 0.0137. The summed E-state index contributed by atoms with van der Waals surface area (Å²) < 4.78 is 0. The van der Waals surface area contributed by atoms with Crippen molar-refractivity contribution in [2.75, 3.05) is 0 Å². The average Bonchev–Trinajstić information content (AvgIpc) is 2.87. The Morgan fingerprint density at radius 3 is 2.75 bits per heavy atom. The molecule has 0 fully saturated rings. The van der Waals surface area contributed by atoms with E-state index in [9.17, 15) is 4.79 Å². The van der Waals surface area contributed by atoms with Gasteiger partial charge in [0.1, 0.15) is 0 Å². The zero-order chi connectivity index (χ0) is 14.1. The van der Waals surface area contributed by atoms with Gasteiger partial charge >= 0.3 is 0 Å². The fraction of sp³-hybridized carbons (Fsp3) is 0.286. The molecule has 1 N–H and O–H groups in total. The quantitative estimate of drug-likeness (QED) is 0.688. The third-order valence-electron chi connectivity index (χ3n) is 3.33. The number of H-pyrrole nitrogens is 1. The lowest BCUT2D eigenvalue weighted by Crippen LogP contribution is -2.14. The maximum atomic E-state index is 11.9. The summed E-state index contributed by atoms with van der Waals surface area (Å²) >= 11 is 13.7. The van der Waals surface area contributed by atoms with Crippen molar-refractivity contribution in [1.82, 2.24) is 9.97 Å². The molecule has 6 heteroatoms. The average molecular weight is 327 g/mol. The first-order valence-corrected chi connectivity index (χ1v) is 8.07. The number of aromatic nitrogens is 2. The highest BCUT2D eigenvalue weighted by Crippen LogP contribution is 2.30. The summed E-state index contributed by atoms with van der Waals surface area (Å²) in [6, 6.07) is 5.43. The Bertz CT molecular complexity index is 695. The van der Waals surface area contributed by atoms with Crippen LogP contribution in [0.3, 0.4) is 0 Å². The summed E-state index contributed by atoms with van der Waals surface area (Å²) in [6.07, 6.45) is 2.73. The van der Waals surface area contributed by atoms with Crippen molar-refractivity contribution >= 4 is 35.0 Å². The molecule has 0 saturated carbocycles. The van der Waals surface area contributed by atoms with Crippen LogP contribution in [0.4, 0.5) is 0 Å². The molecular weight excluding hydrogens is 315 g/mol. The molecule has 0 unspecified atom stereocenters. The number of nitrogens with zero attached hydrogens (tertiary/aromatic N) is 1. The third kappa shape index (κ3) is 2.73. The van der Waals surface area contributed by atoms with Gasteiger partial charge in [-0.3, -0.25) is 4.79 Å². The predicted octanol–water partition coefficient (Wildman–Crippen LogP) is 3.86. The normalized spacial score (nSPS) is 13.5. The standard InChI is InChI=1S/C14H12Cl2N2OS/c15-10-4-2-5-11(16)9(10)7-20-14-17-12-6-1-3-8(12)13(19)18-14/h2,4-5H,1,3,6-7H2,(H,17,18,19). The lowest BCUT2D eigenvalue weighted by atomic mass is 10.2. The van der Waals surface area contributed by atoms with E-state index in [0.717, 1.165) is 36.1 Å². The second-order valence-corrected chi connectivity index (χ2v) is 6.42. The van der Waals surface area contributed by atoms with E-state index in [1.54, 1.807) is 0 Å². The van der Waals surface area contributed by atoms with E-state index in [2.05, 4.69) is 9.97 Å². The molecule has 0 radical (unpaired) electrons. The van der Waals surface area contributed by atoms with E-state index >= 15 is 0 Å². The molecule has 0 spiro atoms. The fourth-order valence-electron chi connectivity index (χ4n) is 2.30. The van der Waals surface area contributed by atoms with Crippen molar-refractivity contribution in [3.63, 3.8) is 0 Å². The molecule has 1 heterocycles. The molecule has 0 atom stereocenters. The van der Waals surface area contributed by atoms with Gasteiger partial charge in [0.25, 0.3) is 5.56 Å². The van der Waals surface area contributed by atoms with Crippen LogP contribution in [0.1, 0.15) is 23.2 Å². The van der Waals surface area contributed by atoms with E-state index in [0.29, 0.717) is 21.0 Å². The molecule has 0 bridgehead atoms. The van der Waals surface area contributed by atoms with Gasteiger partial charge in [-0.1, -0.05) is 41.0 Å². The number of aryl methyl sites for hydroxylation is 1. The molecule has 3 nitrogen and oxygen atoms in total. The van der Waals surface area contributed by atoms with Crippen LogP contribution in [-0.4, -0.2) is 9.97 Å². The number of hydrogen-bond acceptors (Lipinski definition) is 3. The highest BCUT2D eigenvalue weighted by molar-refractivity contribution is 7.98. The summed E-state index contributed by atoms with van der Waals surface area (Å²) in [4.78, 5) is 19.3. The molecule has 104 valence electrons.